The van der Waals surface area contributed by atoms with Gasteiger partial charge in [-0.25, -0.2) is 0 Å². The monoisotopic (exact) mass is 482 g/mol. The Balaban J connectivity index is 1.37. The minimum absolute atomic E-state index is 0.0945. The first-order valence-corrected chi connectivity index (χ1v) is 15.1. The van der Waals surface area contributed by atoms with Gasteiger partial charge in [0.1, 0.15) is 6.10 Å². The first kappa shape index (κ1) is 25.8. The van der Waals surface area contributed by atoms with Gasteiger partial charge in [0, 0.05) is 12.3 Å². The van der Waals surface area contributed by atoms with E-state index in [2.05, 4.69) is 55.0 Å². The number of fused-ring (bicyclic) bond motifs is 2. The standard InChI is InChI=1S/C33H54O2/c1-21(2)22(3)10-11-23(4)25-14-16-31(9)27-13-12-26-29(6,7)28(35-24(5)34)15-17-32(26)20-33(27,32)19-18-30(25,31)8/h22-23,25-28H,1,10-20H2,2-9H3/t22-,23+,25-,26-,27-,28+,30-,31+,32-,33+/m1/s1. The molecule has 0 unspecified atom stereocenters. The predicted molar refractivity (Wildman–Crippen MR) is 145 cm³/mol. The van der Waals surface area contributed by atoms with E-state index in [1.807, 2.05) is 0 Å². The van der Waals surface area contributed by atoms with Gasteiger partial charge in [0.2, 0.25) is 0 Å². The second kappa shape index (κ2) is 8.10. The molecule has 5 saturated carbocycles. The summed E-state index contributed by atoms with van der Waals surface area (Å²) >= 11 is 0. The molecule has 2 spiro atoms. The first-order valence-electron chi connectivity index (χ1n) is 15.1. The van der Waals surface area contributed by atoms with Crippen molar-refractivity contribution in [3.63, 3.8) is 0 Å². The van der Waals surface area contributed by atoms with Crippen LogP contribution in [-0.2, 0) is 9.53 Å². The van der Waals surface area contributed by atoms with Gasteiger partial charge in [0.05, 0.1) is 0 Å². The van der Waals surface area contributed by atoms with Crippen LogP contribution < -0.4 is 0 Å². The lowest BCUT2D eigenvalue weighted by Gasteiger charge is -2.63. The van der Waals surface area contributed by atoms with Gasteiger partial charge in [-0.15, -0.1) is 0 Å². The molecule has 5 fully saturated rings. The summed E-state index contributed by atoms with van der Waals surface area (Å²) in [5, 5.41) is 0. The Bertz CT molecular complexity index is 888. The van der Waals surface area contributed by atoms with Crippen LogP contribution in [0, 0.1) is 56.7 Å². The van der Waals surface area contributed by atoms with E-state index in [4.69, 9.17) is 4.74 Å². The fourth-order valence-corrected chi connectivity index (χ4v) is 11.7. The molecule has 5 aliphatic carbocycles. The van der Waals surface area contributed by atoms with Crippen LogP contribution in [0.1, 0.15) is 126 Å². The molecule has 0 aliphatic heterocycles. The highest BCUT2D eigenvalue weighted by Crippen LogP contribution is 2.89. The number of hydrogen-bond acceptors (Lipinski definition) is 2. The van der Waals surface area contributed by atoms with E-state index < -0.39 is 0 Å². The van der Waals surface area contributed by atoms with Crippen LogP contribution in [0.25, 0.3) is 0 Å². The molecular weight excluding hydrogens is 428 g/mol. The molecule has 0 radical (unpaired) electrons. The maximum absolute atomic E-state index is 11.9. The molecule has 5 aliphatic rings. The molecule has 0 aromatic heterocycles. The minimum Gasteiger partial charge on any atom is -0.462 e. The quantitative estimate of drug-likeness (QED) is 0.279. The summed E-state index contributed by atoms with van der Waals surface area (Å²) in [5.74, 6) is 3.88. The normalized spacial score (nSPS) is 49.0. The van der Waals surface area contributed by atoms with Crippen molar-refractivity contribution in [2.24, 2.45) is 56.7 Å². The van der Waals surface area contributed by atoms with Gasteiger partial charge in [-0.2, -0.15) is 0 Å². The summed E-state index contributed by atoms with van der Waals surface area (Å²) in [5.41, 5.74) is 3.55. The third kappa shape index (κ3) is 3.35. The van der Waals surface area contributed by atoms with E-state index >= 15 is 0 Å². The number of ether oxygens (including phenoxy) is 1. The van der Waals surface area contributed by atoms with Gasteiger partial charge < -0.3 is 4.74 Å². The Morgan fingerprint density at radius 3 is 2.17 bits per heavy atom. The van der Waals surface area contributed by atoms with Crippen LogP contribution in [0.3, 0.4) is 0 Å². The van der Waals surface area contributed by atoms with Crippen molar-refractivity contribution in [2.75, 3.05) is 0 Å². The van der Waals surface area contributed by atoms with Crippen molar-refractivity contribution >= 4 is 5.97 Å². The molecule has 0 aromatic carbocycles. The zero-order valence-corrected chi connectivity index (χ0v) is 24.3. The van der Waals surface area contributed by atoms with E-state index in [9.17, 15) is 4.79 Å². The van der Waals surface area contributed by atoms with Gasteiger partial charge in [0.25, 0.3) is 0 Å². The van der Waals surface area contributed by atoms with E-state index in [1.54, 1.807) is 6.92 Å². The summed E-state index contributed by atoms with van der Waals surface area (Å²) < 4.78 is 5.91. The molecule has 2 heteroatoms. The van der Waals surface area contributed by atoms with Crippen molar-refractivity contribution in [1.82, 2.24) is 0 Å². The van der Waals surface area contributed by atoms with Crippen LogP contribution in [0.15, 0.2) is 12.2 Å². The number of carbonyl (C=O) groups is 1. The van der Waals surface area contributed by atoms with E-state index in [0.29, 0.717) is 27.6 Å². The van der Waals surface area contributed by atoms with Crippen molar-refractivity contribution in [3.8, 4) is 0 Å². The van der Waals surface area contributed by atoms with Crippen molar-refractivity contribution in [2.45, 2.75) is 132 Å². The molecule has 0 N–H and O–H groups in total. The topological polar surface area (TPSA) is 26.3 Å². The number of allylic oxidation sites excluding steroid dienone is 1. The number of esters is 1. The Kier molecular flexibility index (Phi) is 5.98. The lowest BCUT2D eigenvalue weighted by Crippen LogP contribution is -2.58. The van der Waals surface area contributed by atoms with Gasteiger partial charge in [-0.1, -0.05) is 53.7 Å². The van der Waals surface area contributed by atoms with Crippen LogP contribution in [0.4, 0.5) is 0 Å². The van der Waals surface area contributed by atoms with Gasteiger partial charge in [-0.05, 0) is 129 Å². The Morgan fingerprint density at radius 1 is 0.857 bits per heavy atom. The molecule has 0 heterocycles. The highest BCUT2D eigenvalue weighted by Gasteiger charge is 2.82. The van der Waals surface area contributed by atoms with E-state index in [0.717, 1.165) is 30.1 Å². The summed E-state index contributed by atoms with van der Waals surface area (Å²) in [4.78, 5) is 11.9. The summed E-state index contributed by atoms with van der Waals surface area (Å²) in [6.45, 7) is 23.3. The molecule has 0 bridgehead atoms. The van der Waals surface area contributed by atoms with E-state index in [-0.39, 0.29) is 17.5 Å². The van der Waals surface area contributed by atoms with Crippen LogP contribution in [0.2, 0.25) is 0 Å². The van der Waals surface area contributed by atoms with Gasteiger partial charge in [-0.3, -0.25) is 4.79 Å². The van der Waals surface area contributed by atoms with Crippen molar-refractivity contribution in [3.05, 3.63) is 12.2 Å². The minimum atomic E-state index is -0.0945. The first-order chi connectivity index (χ1) is 16.3. The zero-order valence-electron chi connectivity index (χ0n) is 24.3. The second-order valence-electron chi connectivity index (χ2n) is 15.4. The number of hydrogen-bond donors (Lipinski definition) is 0. The van der Waals surface area contributed by atoms with Crippen LogP contribution >= 0.6 is 0 Å². The fraction of sp³-hybridized carbons (Fsp3) is 0.909. The summed E-state index contributed by atoms with van der Waals surface area (Å²) in [7, 11) is 0. The molecule has 2 nitrogen and oxygen atoms in total. The van der Waals surface area contributed by atoms with Gasteiger partial charge >= 0.3 is 5.97 Å². The van der Waals surface area contributed by atoms with Crippen LogP contribution in [-0.4, -0.2) is 12.1 Å². The smallest absolute Gasteiger partial charge is 0.302 e. The maximum atomic E-state index is 11.9. The SMILES string of the molecule is C=C(C)[C@H](C)CC[C@H](C)[C@H]1CC[C@@]2(C)[C@H]3CC[C@@H]4C(C)(C)[C@@H](OC(C)=O)CC[C@@]45C[C@@]35CC[C@]12C. The number of carbonyl (C=O) groups excluding carboxylic acids is 1. The average molecular weight is 483 g/mol. The fourth-order valence-electron chi connectivity index (χ4n) is 11.7. The van der Waals surface area contributed by atoms with Gasteiger partial charge in [0.15, 0.2) is 0 Å². The average Bonchev–Trinajstić information content (AvgIpc) is 3.36. The Hall–Kier alpha value is -0.790. The number of rotatable bonds is 6. The highest BCUT2D eigenvalue weighted by molar-refractivity contribution is 5.66. The lowest BCUT2D eigenvalue weighted by atomic mass is 9.41. The molecule has 0 saturated heterocycles. The second-order valence-corrected chi connectivity index (χ2v) is 15.4. The molecular formula is C33H54O2. The van der Waals surface area contributed by atoms with Crippen LogP contribution in [0.5, 0.6) is 0 Å². The molecule has 0 aromatic rings. The molecule has 0 amide bonds. The largest absolute Gasteiger partial charge is 0.462 e. The molecule has 10 atom stereocenters. The summed E-state index contributed by atoms with van der Waals surface area (Å²) in [6.07, 6.45) is 15.1. The predicted octanol–water partition coefficient (Wildman–Crippen LogP) is 8.99. The molecule has 5 rings (SSSR count). The summed E-state index contributed by atoms with van der Waals surface area (Å²) in [6, 6.07) is 0. The van der Waals surface area contributed by atoms with Crippen molar-refractivity contribution in [1.29, 1.82) is 0 Å². The molecule has 198 valence electrons. The van der Waals surface area contributed by atoms with E-state index in [1.165, 1.54) is 69.8 Å². The maximum Gasteiger partial charge on any atom is 0.302 e. The lowest BCUT2D eigenvalue weighted by molar-refractivity contribution is -0.181. The Labute approximate surface area is 216 Å². The highest BCUT2D eigenvalue weighted by atomic mass is 16.5. The third-order valence-corrected chi connectivity index (χ3v) is 14.0. The Morgan fingerprint density at radius 2 is 1.51 bits per heavy atom. The zero-order chi connectivity index (χ0) is 25.6. The third-order valence-electron chi connectivity index (χ3n) is 14.0. The van der Waals surface area contributed by atoms with Crippen molar-refractivity contribution < 1.29 is 9.53 Å². The molecule has 35 heavy (non-hydrogen) atoms.